The fraction of sp³-hybridized carbons (Fsp3) is 0.222. The predicted octanol–water partition coefficient (Wildman–Crippen LogP) is 0.975. The van der Waals surface area contributed by atoms with Crippen molar-refractivity contribution in [1.82, 2.24) is 4.57 Å². The van der Waals surface area contributed by atoms with Crippen LogP contribution in [-0.2, 0) is 6.54 Å². The van der Waals surface area contributed by atoms with Gasteiger partial charge in [0.2, 0.25) is 0 Å². The van der Waals surface area contributed by atoms with Crippen molar-refractivity contribution in [3.8, 4) is 0 Å². The van der Waals surface area contributed by atoms with Gasteiger partial charge in [-0.05, 0) is 12.1 Å². The van der Waals surface area contributed by atoms with E-state index >= 15 is 0 Å². The highest BCUT2D eigenvalue weighted by atomic mass is 35.5. The molecular formula is C9H11ClN2O2. The lowest BCUT2D eigenvalue weighted by Gasteiger charge is -2.01. The molecule has 0 bridgehead atoms. The van der Waals surface area contributed by atoms with Crippen molar-refractivity contribution < 1.29 is 4.42 Å². The number of furan rings is 1. The molecule has 5 heteroatoms. The van der Waals surface area contributed by atoms with E-state index in [0.717, 1.165) is 5.39 Å². The van der Waals surface area contributed by atoms with Crippen LogP contribution in [-0.4, -0.2) is 11.1 Å². The van der Waals surface area contributed by atoms with Crippen molar-refractivity contribution in [2.75, 3.05) is 6.54 Å². The summed E-state index contributed by atoms with van der Waals surface area (Å²) in [5.74, 6) is 0. The van der Waals surface area contributed by atoms with Gasteiger partial charge in [0.15, 0.2) is 5.58 Å². The first-order valence-electron chi connectivity index (χ1n) is 4.09. The molecule has 0 atom stereocenters. The van der Waals surface area contributed by atoms with Crippen LogP contribution in [0.3, 0.4) is 0 Å². The molecule has 0 aliphatic heterocycles. The number of aromatic nitrogens is 1. The second kappa shape index (κ2) is 4.30. The minimum absolute atomic E-state index is 0. The molecule has 2 aromatic rings. The van der Waals surface area contributed by atoms with E-state index in [9.17, 15) is 4.79 Å². The second-order valence-corrected chi connectivity index (χ2v) is 2.81. The zero-order chi connectivity index (χ0) is 9.26. The van der Waals surface area contributed by atoms with Gasteiger partial charge in [0.05, 0.1) is 6.26 Å². The Balaban J connectivity index is 0.000000980. The van der Waals surface area contributed by atoms with Gasteiger partial charge in [0.25, 0.3) is 5.56 Å². The quantitative estimate of drug-likeness (QED) is 0.811. The zero-order valence-corrected chi connectivity index (χ0v) is 8.29. The van der Waals surface area contributed by atoms with Crippen LogP contribution < -0.4 is 11.3 Å². The van der Waals surface area contributed by atoms with Gasteiger partial charge in [-0.25, -0.2) is 0 Å². The maximum Gasteiger partial charge on any atom is 0.294 e. The van der Waals surface area contributed by atoms with Crippen LogP contribution in [0.5, 0.6) is 0 Å². The van der Waals surface area contributed by atoms with E-state index in [2.05, 4.69) is 0 Å². The van der Waals surface area contributed by atoms with E-state index in [0.29, 0.717) is 18.7 Å². The van der Waals surface area contributed by atoms with Crippen molar-refractivity contribution in [3.63, 3.8) is 0 Å². The number of hydrogen-bond acceptors (Lipinski definition) is 3. The fourth-order valence-electron chi connectivity index (χ4n) is 1.31. The summed E-state index contributed by atoms with van der Waals surface area (Å²) in [5, 5.41) is 0.832. The molecule has 0 aromatic carbocycles. The van der Waals surface area contributed by atoms with Crippen LogP contribution in [0.4, 0.5) is 0 Å². The molecule has 0 fully saturated rings. The third kappa shape index (κ3) is 1.66. The van der Waals surface area contributed by atoms with Gasteiger partial charge >= 0.3 is 0 Å². The Labute approximate surface area is 86.7 Å². The molecule has 2 N–H and O–H groups in total. The average Bonchev–Trinajstić information content (AvgIpc) is 2.58. The molecule has 2 aromatic heterocycles. The van der Waals surface area contributed by atoms with E-state index in [1.165, 1.54) is 6.26 Å². The lowest BCUT2D eigenvalue weighted by atomic mass is 10.3. The summed E-state index contributed by atoms with van der Waals surface area (Å²) in [6.45, 7) is 0.974. The Kier molecular flexibility index (Phi) is 3.33. The molecule has 0 spiro atoms. The molecular weight excluding hydrogens is 204 g/mol. The first-order chi connectivity index (χ1) is 6.33. The maximum atomic E-state index is 11.6. The van der Waals surface area contributed by atoms with E-state index in [1.54, 1.807) is 16.8 Å². The summed E-state index contributed by atoms with van der Waals surface area (Å²) in [7, 11) is 0. The molecule has 0 saturated carbocycles. The molecule has 0 radical (unpaired) electrons. The van der Waals surface area contributed by atoms with Gasteiger partial charge in [-0.1, -0.05) is 0 Å². The van der Waals surface area contributed by atoms with Crippen LogP contribution >= 0.6 is 12.4 Å². The molecule has 0 amide bonds. The van der Waals surface area contributed by atoms with Crippen molar-refractivity contribution in [1.29, 1.82) is 0 Å². The van der Waals surface area contributed by atoms with Gasteiger partial charge in [0, 0.05) is 24.7 Å². The monoisotopic (exact) mass is 214 g/mol. The lowest BCUT2D eigenvalue weighted by Crippen LogP contribution is -2.22. The number of nitrogens with zero attached hydrogens (tertiary/aromatic N) is 1. The van der Waals surface area contributed by atoms with Crippen molar-refractivity contribution in [3.05, 3.63) is 34.9 Å². The Morgan fingerprint density at radius 1 is 1.43 bits per heavy atom. The maximum absolute atomic E-state index is 11.6. The molecule has 0 aliphatic carbocycles. The van der Waals surface area contributed by atoms with Gasteiger partial charge in [-0.2, -0.15) is 0 Å². The minimum atomic E-state index is -0.118. The average molecular weight is 215 g/mol. The summed E-state index contributed by atoms with van der Waals surface area (Å²) >= 11 is 0. The normalized spacial score (nSPS) is 10.1. The molecule has 0 unspecified atom stereocenters. The third-order valence-corrected chi connectivity index (χ3v) is 1.95. The third-order valence-electron chi connectivity index (χ3n) is 1.95. The highest BCUT2D eigenvalue weighted by Gasteiger charge is 2.03. The summed E-state index contributed by atoms with van der Waals surface area (Å²) < 4.78 is 6.61. The SMILES string of the molecule is Cl.NCCn1ccc2ccoc2c1=O. The summed E-state index contributed by atoms with van der Waals surface area (Å²) in [5.41, 5.74) is 5.64. The van der Waals surface area contributed by atoms with Crippen LogP contribution in [0.25, 0.3) is 11.0 Å². The van der Waals surface area contributed by atoms with Crippen molar-refractivity contribution in [2.24, 2.45) is 5.73 Å². The molecule has 2 heterocycles. The topological polar surface area (TPSA) is 61.2 Å². The van der Waals surface area contributed by atoms with Crippen LogP contribution in [0.2, 0.25) is 0 Å². The zero-order valence-electron chi connectivity index (χ0n) is 7.47. The first kappa shape index (κ1) is 10.8. The van der Waals surface area contributed by atoms with E-state index in [4.69, 9.17) is 10.2 Å². The lowest BCUT2D eigenvalue weighted by molar-refractivity contribution is 0.596. The molecule has 0 aliphatic rings. The summed E-state index contributed by atoms with van der Waals surface area (Å²) in [6.07, 6.45) is 3.24. The Hall–Kier alpha value is -1.26. The largest absolute Gasteiger partial charge is 0.459 e. The number of fused-ring (bicyclic) bond motifs is 1. The highest BCUT2D eigenvalue weighted by Crippen LogP contribution is 2.09. The molecule has 0 saturated heterocycles. The van der Waals surface area contributed by atoms with Crippen molar-refractivity contribution in [2.45, 2.75) is 6.54 Å². The van der Waals surface area contributed by atoms with Crippen molar-refractivity contribution >= 4 is 23.4 Å². The minimum Gasteiger partial charge on any atom is -0.459 e. The highest BCUT2D eigenvalue weighted by molar-refractivity contribution is 5.85. The number of hydrogen-bond donors (Lipinski definition) is 1. The van der Waals surface area contributed by atoms with Gasteiger partial charge < -0.3 is 14.7 Å². The van der Waals surface area contributed by atoms with E-state index < -0.39 is 0 Å². The standard InChI is InChI=1S/C9H10N2O2.ClH/c10-3-5-11-4-1-7-2-6-13-8(7)9(11)12;/h1-2,4,6H,3,5,10H2;1H. The van der Waals surface area contributed by atoms with E-state index in [-0.39, 0.29) is 18.0 Å². The Morgan fingerprint density at radius 2 is 2.21 bits per heavy atom. The summed E-state index contributed by atoms with van der Waals surface area (Å²) in [6, 6.07) is 3.61. The number of nitrogens with two attached hydrogens (primary N) is 1. The second-order valence-electron chi connectivity index (χ2n) is 2.81. The predicted molar refractivity (Wildman–Crippen MR) is 56.8 cm³/mol. The number of rotatable bonds is 2. The van der Waals surface area contributed by atoms with Crippen LogP contribution in [0.1, 0.15) is 0 Å². The van der Waals surface area contributed by atoms with Gasteiger partial charge in [-0.3, -0.25) is 4.79 Å². The molecule has 2 rings (SSSR count). The molecule has 76 valence electrons. The number of halogens is 1. The summed E-state index contributed by atoms with van der Waals surface area (Å²) in [4.78, 5) is 11.6. The first-order valence-corrected chi connectivity index (χ1v) is 4.09. The molecule has 4 nitrogen and oxygen atoms in total. The molecule has 14 heavy (non-hydrogen) atoms. The van der Waals surface area contributed by atoms with Crippen LogP contribution in [0.15, 0.2) is 33.8 Å². The fourth-order valence-corrected chi connectivity index (χ4v) is 1.31. The smallest absolute Gasteiger partial charge is 0.294 e. The van der Waals surface area contributed by atoms with Gasteiger partial charge in [-0.15, -0.1) is 12.4 Å². The Morgan fingerprint density at radius 3 is 2.93 bits per heavy atom. The number of pyridine rings is 1. The van der Waals surface area contributed by atoms with Crippen LogP contribution in [0, 0.1) is 0 Å². The Bertz CT molecular complexity index is 475. The van der Waals surface area contributed by atoms with Gasteiger partial charge in [0.1, 0.15) is 0 Å². The van der Waals surface area contributed by atoms with E-state index in [1.807, 2.05) is 6.07 Å².